The van der Waals surface area contributed by atoms with Crippen LogP contribution in [0.2, 0.25) is 0 Å². The topological polar surface area (TPSA) is 71.9 Å². The molecule has 0 aliphatic heterocycles. The highest BCUT2D eigenvalue weighted by molar-refractivity contribution is 5.04. The maximum atomic E-state index is 8.58. The van der Waals surface area contributed by atoms with Crippen LogP contribution in [0.15, 0.2) is 4.52 Å². The van der Waals surface area contributed by atoms with Crippen LogP contribution in [0.3, 0.4) is 0 Å². The summed E-state index contributed by atoms with van der Waals surface area (Å²) in [5.41, 5.74) is -0.379. The molecule has 0 saturated heterocycles. The summed E-state index contributed by atoms with van der Waals surface area (Å²) in [5, 5.41) is 12.7. The number of ether oxygens (including phenoxy) is 1. The number of hydrogen-bond donors (Lipinski definition) is 0. The predicted octanol–water partition coefficient (Wildman–Crippen LogP) is 2.97. The third kappa shape index (κ3) is 3.13. The van der Waals surface area contributed by atoms with E-state index in [4.69, 9.17) is 14.5 Å². The minimum Gasteiger partial charge on any atom is -0.367 e. The van der Waals surface area contributed by atoms with Crippen molar-refractivity contribution < 1.29 is 9.26 Å². The predicted molar refractivity (Wildman–Crippen MR) is 69.2 cm³/mol. The van der Waals surface area contributed by atoms with Gasteiger partial charge >= 0.3 is 0 Å². The lowest BCUT2D eigenvalue weighted by atomic mass is 9.79. The molecule has 0 radical (unpaired) electrons. The van der Waals surface area contributed by atoms with Gasteiger partial charge < -0.3 is 9.26 Å². The number of hydrogen-bond acceptors (Lipinski definition) is 5. The number of nitriles is 1. The fourth-order valence-corrected chi connectivity index (χ4v) is 2.64. The molecule has 5 nitrogen and oxygen atoms in total. The van der Waals surface area contributed by atoms with Gasteiger partial charge in [-0.25, -0.2) is 0 Å². The third-order valence-corrected chi connectivity index (χ3v) is 3.83. The Hall–Kier alpha value is -1.41. The minimum absolute atomic E-state index is 0.379. The Morgan fingerprint density at radius 2 is 2.21 bits per heavy atom. The molecule has 104 valence electrons. The van der Waals surface area contributed by atoms with E-state index in [2.05, 4.69) is 23.1 Å². The van der Waals surface area contributed by atoms with Crippen LogP contribution in [0, 0.1) is 17.2 Å². The van der Waals surface area contributed by atoms with Crippen LogP contribution >= 0.6 is 0 Å². The molecule has 1 saturated carbocycles. The van der Waals surface area contributed by atoms with Crippen LogP contribution in [0.25, 0.3) is 0 Å². The maximum Gasteiger partial charge on any atom is 0.227 e. The van der Waals surface area contributed by atoms with E-state index in [0.29, 0.717) is 31.2 Å². The summed E-state index contributed by atoms with van der Waals surface area (Å²) < 4.78 is 11.2. The van der Waals surface area contributed by atoms with E-state index < -0.39 is 0 Å². The molecular weight excluding hydrogens is 242 g/mol. The van der Waals surface area contributed by atoms with Crippen molar-refractivity contribution in [2.45, 2.75) is 58.0 Å². The van der Waals surface area contributed by atoms with Crippen molar-refractivity contribution in [2.24, 2.45) is 5.92 Å². The van der Waals surface area contributed by atoms with Gasteiger partial charge in [0.25, 0.3) is 0 Å². The molecule has 5 heteroatoms. The molecule has 1 heterocycles. The van der Waals surface area contributed by atoms with Crippen LogP contribution in [-0.4, -0.2) is 16.7 Å². The normalized spacial score (nSPS) is 27.1. The molecule has 19 heavy (non-hydrogen) atoms. The summed E-state index contributed by atoms with van der Waals surface area (Å²) in [4.78, 5) is 4.43. The van der Waals surface area contributed by atoms with Gasteiger partial charge in [0.1, 0.15) is 5.60 Å². The second kappa shape index (κ2) is 6.16. The van der Waals surface area contributed by atoms with Gasteiger partial charge in [-0.15, -0.1) is 0 Å². The van der Waals surface area contributed by atoms with E-state index in [1.54, 1.807) is 0 Å². The first kappa shape index (κ1) is 14.0. The zero-order chi connectivity index (χ0) is 13.7. The third-order valence-electron chi connectivity index (χ3n) is 3.83. The number of aromatic nitrogens is 2. The van der Waals surface area contributed by atoms with E-state index in [9.17, 15) is 0 Å². The van der Waals surface area contributed by atoms with Crippen molar-refractivity contribution >= 4 is 0 Å². The second-order valence-corrected chi connectivity index (χ2v) is 5.28. The van der Waals surface area contributed by atoms with E-state index in [1.807, 2.05) is 6.92 Å². The van der Waals surface area contributed by atoms with Crippen molar-refractivity contribution in [1.82, 2.24) is 10.1 Å². The van der Waals surface area contributed by atoms with Gasteiger partial charge in [0, 0.05) is 19.4 Å². The molecule has 1 aromatic heterocycles. The average Bonchev–Trinajstić information content (AvgIpc) is 2.89. The molecule has 0 N–H and O–H groups in total. The molecule has 0 unspecified atom stereocenters. The number of aryl methyl sites for hydroxylation is 1. The van der Waals surface area contributed by atoms with Gasteiger partial charge in [0.2, 0.25) is 11.7 Å². The second-order valence-electron chi connectivity index (χ2n) is 5.28. The van der Waals surface area contributed by atoms with Crippen LogP contribution in [0.4, 0.5) is 0 Å². The summed E-state index contributed by atoms with van der Waals surface area (Å²) in [6.07, 6.45) is 5.06. The first-order valence-electron chi connectivity index (χ1n) is 7.04. The molecule has 1 fully saturated rings. The molecule has 0 aromatic carbocycles. The van der Waals surface area contributed by atoms with Gasteiger partial charge in [-0.3, -0.25) is 0 Å². The molecular formula is C14H21N3O2. The monoisotopic (exact) mass is 263 g/mol. The zero-order valence-electron chi connectivity index (χ0n) is 11.7. The molecule has 0 spiro atoms. The number of rotatable bonds is 5. The highest BCUT2D eigenvalue weighted by Gasteiger charge is 2.40. The van der Waals surface area contributed by atoms with Crippen molar-refractivity contribution in [1.29, 1.82) is 5.26 Å². The summed E-state index contributed by atoms with van der Waals surface area (Å²) in [5.74, 6) is 1.93. The quantitative estimate of drug-likeness (QED) is 0.816. The minimum atomic E-state index is -0.379. The Morgan fingerprint density at radius 3 is 2.84 bits per heavy atom. The Balaban J connectivity index is 2.14. The molecule has 2 rings (SSSR count). The van der Waals surface area contributed by atoms with E-state index >= 15 is 0 Å². The van der Waals surface area contributed by atoms with E-state index in [1.165, 1.54) is 0 Å². The summed E-state index contributed by atoms with van der Waals surface area (Å²) in [6.45, 7) is 4.91. The first-order chi connectivity index (χ1) is 9.20. The van der Waals surface area contributed by atoms with E-state index in [-0.39, 0.29) is 5.60 Å². The van der Waals surface area contributed by atoms with Gasteiger partial charge in [-0.1, -0.05) is 12.1 Å². The molecule has 1 aliphatic rings. The Morgan fingerprint density at radius 1 is 1.47 bits per heavy atom. The van der Waals surface area contributed by atoms with Gasteiger partial charge in [0.05, 0.1) is 6.07 Å². The number of nitrogens with zero attached hydrogens (tertiary/aromatic N) is 3. The van der Waals surface area contributed by atoms with Gasteiger partial charge in [0.15, 0.2) is 0 Å². The fraction of sp³-hybridized carbons (Fsp3) is 0.786. The lowest BCUT2D eigenvalue weighted by Gasteiger charge is -2.36. The van der Waals surface area contributed by atoms with Crippen molar-refractivity contribution in [2.75, 3.05) is 6.61 Å². The lowest BCUT2D eigenvalue weighted by Crippen LogP contribution is -2.35. The molecule has 0 bridgehead atoms. The standard InChI is InChI=1S/C14H21N3O2/c1-3-18-14(8-6-11(2)7-9-14)13-16-12(19-17-13)5-4-10-15/h11H,3-9H2,1-2H3. The van der Waals surface area contributed by atoms with Gasteiger partial charge in [-0.2, -0.15) is 10.2 Å². The maximum absolute atomic E-state index is 8.58. The fourth-order valence-electron chi connectivity index (χ4n) is 2.64. The van der Waals surface area contributed by atoms with Crippen molar-refractivity contribution in [3.05, 3.63) is 11.7 Å². The van der Waals surface area contributed by atoms with Crippen LogP contribution in [-0.2, 0) is 16.8 Å². The largest absolute Gasteiger partial charge is 0.367 e. The first-order valence-corrected chi connectivity index (χ1v) is 7.04. The van der Waals surface area contributed by atoms with Crippen molar-refractivity contribution in [3.63, 3.8) is 0 Å². The smallest absolute Gasteiger partial charge is 0.227 e. The summed E-state index contributed by atoms with van der Waals surface area (Å²) >= 11 is 0. The summed E-state index contributed by atoms with van der Waals surface area (Å²) in [6, 6.07) is 2.09. The molecule has 0 amide bonds. The molecule has 0 atom stereocenters. The van der Waals surface area contributed by atoms with Crippen LogP contribution in [0.1, 0.15) is 57.7 Å². The SMILES string of the molecule is CCOC1(c2noc(CCC#N)n2)CCC(C)CC1. The summed E-state index contributed by atoms with van der Waals surface area (Å²) in [7, 11) is 0. The Bertz CT molecular complexity index is 442. The lowest BCUT2D eigenvalue weighted by molar-refractivity contribution is -0.0847. The van der Waals surface area contributed by atoms with Crippen molar-refractivity contribution in [3.8, 4) is 6.07 Å². The Labute approximate surface area is 113 Å². The van der Waals surface area contributed by atoms with E-state index in [0.717, 1.165) is 31.6 Å². The zero-order valence-corrected chi connectivity index (χ0v) is 11.7. The molecule has 1 aliphatic carbocycles. The van der Waals surface area contributed by atoms with Crippen LogP contribution < -0.4 is 0 Å². The highest BCUT2D eigenvalue weighted by Crippen LogP contribution is 2.41. The highest BCUT2D eigenvalue weighted by atomic mass is 16.5. The van der Waals surface area contributed by atoms with Gasteiger partial charge in [-0.05, 0) is 38.5 Å². The Kier molecular flexibility index (Phi) is 4.54. The van der Waals surface area contributed by atoms with Crippen LogP contribution in [0.5, 0.6) is 0 Å². The molecule has 1 aromatic rings. The average molecular weight is 263 g/mol.